The Kier molecular flexibility index (Phi) is 5.87. The van der Waals surface area contributed by atoms with Crippen molar-refractivity contribution in [3.8, 4) is 11.5 Å². The van der Waals surface area contributed by atoms with Gasteiger partial charge in [0.2, 0.25) is 11.8 Å². The molecule has 0 aromatic heterocycles. The summed E-state index contributed by atoms with van der Waals surface area (Å²) in [5, 5.41) is 2.98. The van der Waals surface area contributed by atoms with Crippen LogP contribution in [0.2, 0.25) is 0 Å². The lowest BCUT2D eigenvalue weighted by Crippen LogP contribution is -2.53. The first-order valence-electron chi connectivity index (χ1n) is 9.31. The molecule has 1 unspecified atom stereocenters. The van der Waals surface area contributed by atoms with E-state index < -0.39 is 5.54 Å². The Labute approximate surface area is 165 Å². The standard InChI is InChI=1S/C22H26N2O4/c1-22(21(26)23-14-16-7-5-4-6-8-16)12-11-20(25)24(22)15-17-9-10-18(27-2)19(13-17)28-3/h4-10,13H,11-12,14-15H2,1-3H3,(H,23,26). The van der Waals surface area contributed by atoms with Gasteiger partial charge >= 0.3 is 0 Å². The molecule has 1 heterocycles. The third kappa shape index (κ3) is 3.96. The van der Waals surface area contributed by atoms with Crippen molar-refractivity contribution >= 4 is 11.8 Å². The third-order valence-electron chi connectivity index (χ3n) is 5.30. The Balaban J connectivity index is 1.75. The van der Waals surface area contributed by atoms with Crippen molar-refractivity contribution in [1.82, 2.24) is 10.2 Å². The zero-order chi connectivity index (χ0) is 20.1. The molecule has 1 fully saturated rings. The summed E-state index contributed by atoms with van der Waals surface area (Å²) in [4.78, 5) is 27.2. The van der Waals surface area contributed by atoms with Gasteiger partial charge in [-0.05, 0) is 36.6 Å². The van der Waals surface area contributed by atoms with E-state index in [1.807, 2.05) is 55.5 Å². The molecule has 6 nitrogen and oxygen atoms in total. The Morgan fingerprint density at radius 2 is 1.79 bits per heavy atom. The molecule has 2 aromatic carbocycles. The Bertz CT molecular complexity index is 853. The molecule has 1 atom stereocenters. The number of rotatable bonds is 7. The van der Waals surface area contributed by atoms with Gasteiger partial charge in [0.05, 0.1) is 14.2 Å². The van der Waals surface area contributed by atoms with Crippen LogP contribution >= 0.6 is 0 Å². The molecule has 0 bridgehead atoms. The number of hydrogen-bond donors (Lipinski definition) is 1. The van der Waals surface area contributed by atoms with Crippen LogP contribution in [-0.4, -0.2) is 36.5 Å². The summed E-state index contributed by atoms with van der Waals surface area (Å²) >= 11 is 0. The first-order valence-corrected chi connectivity index (χ1v) is 9.31. The number of amides is 2. The fourth-order valence-corrected chi connectivity index (χ4v) is 3.52. The first kappa shape index (κ1) is 19.7. The van der Waals surface area contributed by atoms with E-state index in [4.69, 9.17) is 9.47 Å². The van der Waals surface area contributed by atoms with E-state index in [-0.39, 0.29) is 11.8 Å². The summed E-state index contributed by atoms with van der Waals surface area (Å²) in [7, 11) is 3.15. The second-order valence-electron chi connectivity index (χ2n) is 7.11. The summed E-state index contributed by atoms with van der Waals surface area (Å²) in [5.41, 5.74) is 1.03. The van der Waals surface area contributed by atoms with Crippen molar-refractivity contribution < 1.29 is 19.1 Å². The number of benzene rings is 2. The smallest absolute Gasteiger partial charge is 0.245 e. The average molecular weight is 382 g/mol. The molecule has 1 aliphatic heterocycles. The number of methoxy groups -OCH3 is 2. The minimum atomic E-state index is -0.876. The fourth-order valence-electron chi connectivity index (χ4n) is 3.52. The number of hydrogen-bond acceptors (Lipinski definition) is 4. The number of carbonyl (C=O) groups excluding carboxylic acids is 2. The van der Waals surface area contributed by atoms with Gasteiger partial charge in [0, 0.05) is 19.5 Å². The highest BCUT2D eigenvalue weighted by molar-refractivity contribution is 5.94. The van der Waals surface area contributed by atoms with E-state index in [2.05, 4.69) is 5.32 Å². The second-order valence-corrected chi connectivity index (χ2v) is 7.11. The minimum absolute atomic E-state index is 0.0212. The van der Waals surface area contributed by atoms with Gasteiger partial charge < -0.3 is 19.7 Å². The molecule has 0 spiro atoms. The Morgan fingerprint density at radius 1 is 1.07 bits per heavy atom. The zero-order valence-corrected chi connectivity index (χ0v) is 16.5. The zero-order valence-electron chi connectivity index (χ0n) is 16.5. The van der Waals surface area contributed by atoms with Gasteiger partial charge in [0.1, 0.15) is 5.54 Å². The predicted molar refractivity (Wildman–Crippen MR) is 106 cm³/mol. The molecule has 1 saturated heterocycles. The summed E-state index contributed by atoms with van der Waals surface area (Å²) < 4.78 is 10.6. The number of carbonyl (C=O) groups is 2. The molecule has 148 valence electrons. The van der Waals surface area contributed by atoms with Crippen LogP contribution in [0.15, 0.2) is 48.5 Å². The van der Waals surface area contributed by atoms with Gasteiger partial charge in [-0.15, -0.1) is 0 Å². The summed E-state index contributed by atoms with van der Waals surface area (Å²) in [6.45, 7) is 2.61. The Morgan fingerprint density at radius 3 is 2.46 bits per heavy atom. The largest absolute Gasteiger partial charge is 0.493 e. The van der Waals surface area contributed by atoms with E-state index in [9.17, 15) is 9.59 Å². The van der Waals surface area contributed by atoms with Crippen LogP contribution in [0.5, 0.6) is 11.5 Å². The van der Waals surface area contributed by atoms with Crippen LogP contribution in [0.1, 0.15) is 30.9 Å². The van der Waals surface area contributed by atoms with Gasteiger partial charge in [-0.3, -0.25) is 9.59 Å². The molecule has 28 heavy (non-hydrogen) atoms. The molecule has 3 rings (SSSR count). The maximum Gasteiger partial charge on any atom is 0.245 e. The highest BCUT2D eigenvalue weighted by Gasteiger charge is 2.47. The predicted octanol–water partition coefficient (Wildman–Crippen LogP) is 2.90. The molecule has 2 amide bonds. The maximum absolute atomic E-state index is 13.0. The van der Waals surface area contributed by atoms with E-state index >= 15 is 0 Å². The molecule has 0 radical (unpaired) electrons. The van der Waals surface area contributed by atoms with E-state index in [0.717, 1.165) is 11.1 Å². The van der Waals surface area contributed by atoms with Crippen LogP contribution in [0.4, 0.5) is 0 Å². The van der Waals surface area contributed by atoms with Crippen molar-refractivity contribution in [2.75, 3.05) is 14.2 Å². The monoisotopic (exact) mass is 382 g/mol. The van der Waals surface area contributed by atoms with Crippen molar-refractivity contribution in [1.29, 1.82) is 0 Å². The third-order valence-corrected chi connectivity index (χ3v) is 5.30. The lowest BCUT2D eigenvalue weighted by molar-refractivity contribution is -0.141. The molecule has 1 N–H and O–H groups in total. The lowest BCUT2D eigenvalue weighted by Gasteiger charge is -2.34. The van der Waals surface area contributed by atoms with Crippen LogP contribution in [0.3, 0.4) is 0 Å². The minimum Gasteiger partial charge on any atom is -0.493 e. The molecular formula is C22H26N2O4. The number of nitrogens with one attached hydrogen (secondary N) is 1. The normalized spacial score (nSPS) is 18.8. The second kappa shape index (κ2) is 8.33. The summed E-state index contributed by atoms with van der Waals surface area (Å²) in [5.74, 6) is 1.07. The van der Waals surface area contributed by atoms with Gasteiger partial charge in [0.25, 0.3) is 0 Å². The quantitative estimate of drug-likeness (QED) is 0.800. The van der Waals surface area contributed by atoms with Crippen molar-refractivity contribution in [2.24, 2.45) is 0 Å². The van der Waals surface area contributed by atoms with Gasteiger partial charge in [-0.25, -0.2) is 0 Å². The van der Waals surface area contributed by atoms with Gasteiger partial charge in [0.15, 0.2) is 11.5 Å². The summed E-state index contributed by atoms with van der Waals surface area (Å²) in [6, 6.07) is 15.3. The highest BCUT2D eigenvalue weighted by Crippen LogP contribution is 2.34. The fraction of sp³-hybridized carbons (Fsp3) is 0.364. The van der Waals surface area contributed by atoms with Gasteiger partial charge in [-0.1, -0.05) is 36.4 Å². The molecule has 1 aliphatic rings. The Hall–Kier alpha value is -3.02. The van der Waals surface area contributed by atoms with E-state index in [0.29, 0.717) is 37.4 Å². The van der Waals surface area contributed by atoms with Crippen LogP contribution in [-0.2, 0) is 22.7 Å². The average Bonchev–Trinajstić information content (AvgIpc) is 3.02. The first-order chi connectivity index (χ1) is 13.5. The van der Waals surface area contributed by atoms with Crippen molar-refractivity contribution in [3.63, 3.8) is 0 Å². The molecular weight excluding hydrogens is 356 g/mol. The van der Waals surface area contributed by atoms with Gasteiger partial charge in [-0.2, -0.15) is 0 Å². The number of likely N-dealkylation sites (tertiary alicyclic amines) is 1. The van der Waals surface area contributed by atoms with Crippen molar-refractivity contribution in [3.05, 3.63) is 59.7 Å². The number of nitrogens with zero attached hydrogens (tertiary/aromatic N) is 1. The van der Waals surface area contributed by atoms with Crippen LogP contribution < -0.4 is 14.8 Å². The SMILES string of the molecule is COc1ccc(CN2C(=O)CCC2(C)C(=O)NCc2ccccc2)cc1OC. The summed E-state index contributed by atoms with van der Waals surface area (Å²) in [6.07, 6.45) is 0.863. The van der Waals surface area contributed by atoms with E-state index in [1.165, 1.54) is 0 Å². The molecule has 0 saturated carbocycles. The van der Waals surface area contributed by atoms with Crippen LogP contribution in [0.25, 0.3) is 0 Å². The number of ether oxygens (including phenoxy) is 2. The van der Waals surface area contributed by atoms with E-state index in [1.54, 1.807) is 19.1 Å². The lowest BCUT2D eigenvalue weighted by atomic mass is 9.97. The molecule has 0 aliphatic carbocycles. The highest BCUT2D eigenvalue weighted by atomic mass is 16.5. The molecule has 2 aromatic rings. The van der Waals surface area contributed by atoms with Crippen molar-refractivity contribution in [2.45, 2.75) is 38.4 Å². The molecule has 6 heteroatoms. The maximum atomic E-state index is 13.0. The topological polar surface area (TPSA) is 67.9 Å². The van der Waals surface area contributed by atoms with Crippen LogP contribution in [0, 0.1) is 0 Å².